The van der Waals surface area contributed by atoms with Gasteiger partial charge in [-0.3, -0.25) is 0 Å². The van der Waals surface area contributed by atoms with Crippen LogP contribution in [0.25, 0.3) is 11.5 Å². The van der Waals surface area contributed by atoms with E-state index in [1.165, 1.54) is 5.56 Å². The Morgan fingerprint density at radius 3 is 2.00 bits per heavy atom. The highest BCUT2D eigenvalue weighted by Gasteiger charge is 2.19. The molecule has 0 amide bonds. The van der Waals surface area contributed by atoms with Crippen molar-refractivity contribution in [1.29, 1.82) is 0 Å². The fourth-order valence-electron chi connectivity index (χ4n) is 2.07. The third kappa shape index (κ3) is 2.23. The molecule has 0 spiro atoms. The van der Waals surface area contributed by atoms with Crippen LogP contribution in [0.15, 0.2) is 16.5 Å². The highest BCUT2D eigenvalue weighted by atomic mass is 16.4. The highest BCUT2D eigenvalue weighted by molar-refractivity contribution is 5.64. The Morgan fingerprint density at radius 2 is 1.61 bits per heavy atom. The lowest BCUT2D eigenvalue weighted by Crippen LogP contribution is -2.12. The number of aromatic nitrogens is 2. The van der Waals surface area contributed by atoms with Crippen molar-refractivity contribution in [3.05, 3.63) is 28.8 Å². The Hall–Kier alpha value is -1.84. The van der Waals surface area contributed by atoms with E-state index in [-0.39, 0.29) is 11.4 Å². The normalized spacial score (nSPS) is 11.8. The maximum absolute atomic E-state index is 5.47. The zero-order chi connectivity index (χ0) is 13.5. The lowest BCUT2D eigenvalue weighted by atomic mass is 9.84. The lowest BCUT2D eigenvalue weighted by Gasteiger charge is -2.21. The van der Waals surface area contributed by atoms with Gasteiger partial charge in [-0.05, 0) is 36.0 Å². The molecule has 0 aliphatic heterocycles. The Kier molecular flexibility index (Phi) is 2.89. The van der Waals surface area contributed by atoms with Crippen LogP contribution in [0.4, 0.5) is 6.01 Å². The summed E-state index contributed by atoms with van der Waals surface area (Å²) < 4.78 is 5.31. The van der Waals surface area contributed by atoms with Gasteiger partial charge in [0.05, 0.1) is 0 Å². The molecule has 4 heteroatoms. The van der Waals surface area contributed by atoms with E-state index in [0.717, 1.165) is 16.7 Å². The van der Waals surface area contributed by atoms with Crippen LogP contribution in [0.1, 0.15) is 37.5 Å². The van der Waals surface area contributed by atoms with Crippen LogP contribution < -0.4 is 5.73 Å². The molecule has 0 fully saturated rings. The van der Waals surface area contributed by atoms with Crippen LogP contribution in [0, 0.1) is 13.8 Å². The summed E-state index contributed by atoms with van der Waals surface area (Å²) in [5, 5.41) is 7.67. The molecule has 0 aliphatic rings. The van der Waals surface area contributed by atoms with E-state index in [4.69, 9.17) is 10.2 Å². The second-order valence-corrected chi connectivity index (χ2v) is 5.68. The summed E-state index contributed by atoms with van der Waals surface area (Å²) in [5.41, 5.74) is 10.1. The highest BCUT2D eigenvalue weighted by Crippen LogP contribution is 2.32. The summed E-state index contributed by atoms with van der Waals surface area (Å²) in [4.78, 5) is 0. The average Bonchev–Trinajstić information content (AvgIpc) is 2.62. The number of hydrogen-bond donors (Lipinski definition) is 1. The van der Waals surface area contributed by atoms with E-state index in [2.05, 4.69) is 56.9 Å². The van der Waals surface area contributed by atoms with E-state index in [1.54, 1.807) is 0 Å². The molecule has 0 saturated carbocycles. The van der Waals surface area contributed by atoms with Gasteiger partial charge in [-0.25, -0.2) is 0 Å². The molecule has 2 aromatic rings. The first-order chi connectivity index (χ1) is 8.29. The van der Waals surface area contributed by atoms with Crippen LogP contribution in [-0.4, -0.2) is 10.2 Å². The Balaban J connectivity index is 2.58. The molecule has 96 valence electrons. The summed E-state index contributed by atoms with van der Waals surface area (Å²) in [6.45, 7) is 10.7. The quantitative estimate of drug-likeness (QED) is 0.837. The van der Waals surface area contributed by atoms with E-state index < -0.39 is 0 Å². The first-order valence-corrected chi connectivity index (χ1v) is 6.00. The van der Waals surface area contributed by atoms with Gasteiger partial charge in [-0.2, -0.15) is 0 Å². The molecule has 0 saturated heterocycles. The minimum atomic E-state index is 0.101. The predicted molar refractivity (Wildman–Crippen MR) is 72.3 cm³/mol. The zero-order valence-electron chi connectivity index (χ0n) is 11.5. The number of anilines is 1. The number of nitrogen functional groups attached to an aromatic ring is 1. The molecule has 1 aromatic heterocycles. The van der Waals surface area contributed by atoms with Gasteiger partial charge in [-0.15, -0.1) is 5.10 Å². The van der Waals surface area contributed by atoms with Gasteiger partial charge in [0, 0.05) is 5.56 Å². The number of nitrogens with zero attached hydrogens (tertiary/aromatic N) is 2. The minimum Gasteiger partial charge on any atom is -0.404 e. The zero-order valence-corrected chi connectivity index (χ0v) is 11.5. The molecule has 4 nitrogen and oxygen atoms in total. The molecule has 2 N–H and O–H groups in total. The first kappa shape index (κ1) is 12.6. The van der Waals surface area contributed by atoms with Crippen molar-refractivity contribution in [3.8, 4) is 11.5 Å². The molecule has 0 atom stereocenters. The molecule has 0 bridgehead atoms. The van der Waals surface area contributed by atoms with Crippen molar-refractivity contribution >= 4 is 6.01 Å². The van der Waals surface area contributed by atoms with Crippen molar-refractivity contribution in [2.24, 2.45) is 0 Å². The van der Waals surface area contributed by atoms with Crippen LogP contribution in [-0.2, 0) is 5.41 Å². The number of hydrogen-bond acceptors (Lipinski definition) is 4. The van der Waals surface area contributed by atoms with E-state index in [1.807, 2.05) is 0 Å². The number of rotatable bonds is 1. The van der Waals surface area contributed by atoms with Gasteiger partial charge in [0.25, 0.3) is 0 Å². The van der Waals surface area contributed by atoms with Gasteiger partial charge in [0.1, 0.15) is 0 Å². The fraction of sp³-hybridized carbons (Fsp3) is 0.429. The number of benzene rings is 1. The third-order valence-corrected chi connectivity index (χ3v) is 3.05. The fourth-order valence-corrected chi connectivity index (χ4v) is 2.07. The molecule has 18 heavy (non-hydrogen) atoms. The lowest BCUT2D eigenvalue weighted by molar-refractivity contribution is 0.583. The Bertz CT molecular complexity index is 556. The summed E-state index contributed by atoms with van der Waals surface area (Å²) in [5.74, 6) is 0.489. The smallest absolute Gasteiger partial charge is 0.313 e. The molecule has 2 rings (SSSR count). The van der Waals surface area contributed by atoms with E-state index in [0.29, 0.717) is 5.89 Å². The number of aryl methyl sites for hydroxylation is 2. The third-order valence-electron chi connectivity index (χ3n) is 3.05. The Morgan fingerprint density at radius 1 is 1.06 bits per heavy atom. The molecule has 1 heterocycles. The second kappa shape index (κ2) is 4.12. The van der Waals surface area contributed by atoms with Crippen LogP contribution >= 0.6 is 0 Å². The minimum absolute atomic E-state index is 0.101. The SMILES string of the molecule is Cc1cc(C(C)(C)C)cc(C)c1-c1nnc(N)o1. The first-order valence-electron chi connectivity index (χ1n) is 6.00. The summed E-state index contributed by atoms with van der Waals surface area (Å²) in [7, 11) is 0. The second-order valence-electron chi connectivity index (χ2n) is 5.68. The summed E-state index contributed by atoms with van der Waals surface area (Å²) in [6.07, 6.45) is 0. The van der Waals surface area contributed by atoms with Crippen LogP contribution in [0.2, 0.25) is 0 Å². The molecule has 1 aromatic carbocycles. The summed E-state index contributed by atoms with van der Waals surface area (Å²) in [6, 6.07) is 4.44. The van der Waals surface area contributed by atoms with E-state index in [9.17, 15) is 0 Å². The van der Waals surface area contributed by atoms with Crippen molar-refractivity contribution in [1.82, 2.24) is 10.2 Å². The molecule has 0 radical (unpaired) electrons. The van der Waals surface area contributed by atoms with Crippen molar-refractivity contribution < 1.29 is 4.42 Å². The number of nitrogens with two attached hydrogens (primary N) is 1. The van der Waals surface area contributed by atoms with Crippen LogP contribution in [0.3, 0.4) is 0 Å². The van der Waals surface area contributed by atoms with Gasteiger partial charge in [0.15, 0.2) is 0 Å². The van der Waals surface area contributed by atoms with Gasteiger partial charge in [0.2, 0.25) is 5.89 Å². The molecule has 0 aliphatic carbocycles. The molecular formula is C14H19N3O. The van der Waals surface area contributed by atoms with Gasteiger partial charge in [-0.1, -0.05) is 38.0 Å². The topological polar surface area (TPSA) is 64.9 Å². The summed E-state index contributed by atoms with van der Waals surface area (Å²) >= 11 is 0. The van der Waals surface area contributed by atoms with Crippen LogP contribution in [0.5, 0.6) is 0 Å². The standard InChI is InChI=1S/C14H19N3O/c1-8-6-10(14(3,4)5)7-9(2)11(8)12-16-17-13(15)18-12/h6-7H,1-5H3,(H2,15,17). The van der Waals surface area contributed by atoms with Gasteiger partial charge >= 0.3 is 6.01 Å². The average molecular weight is 245 g/mol. The molecular weight excluding hydrogens is 226 g/mol. The Labute approximate surface area is 107 Å². The van der Waals surface area contributed by atoms with Crippen molar-refractivity contribution in [2.45, 2.75) is 40.0 Å². The molecule has 0 unspecified atom stereocenters. The maximum atomic E-state index is 5.47. The monoisotopic (exact) mass is 245 g/mol. The van der Waals surface area contributed by atoms with Gasteiger partial charge < -0.3 is 10.2 Å². The van der Waals surface area contributed by atoms with E-state index >= 15 is 0 Å². The maximum Gasteiger partial charge on any atom is 0.313 e. The predicted octanol–water partition coefficient (Wildman–Crippen LogP) is 3.23. The van der Waals surface area contributed by atoms with Crippen molar-refractivity contribution in [3.63, 3.8) is 0 Å². The largest absolute Gasteiger partial charge is 0.404 e. The van der Waals surface area contributed by atoms with Crippen molar-refractivity contribution in [2.75, 3.05) is 5.73 Å².